The van der Waals surface area contributed by atoms with Crippen LogP contribution in [-0.2, 0) is 19.1 Å². The third kappa shape index (κ3) is 7.96. The Morgan fingerprint density at radius 2 is 1.62 bits per heavy atom. The number of alkyl carbamates (subject to hydrolysis) is 1. The highest BCUT2D eigenvalue weighted by molar-refractivity contribution is 6.00. The third-order valence-electron chi connectivity index (χ3n) is 5.64. The first-order valence-electron chi connectivity index (χ1n) is 11.8. The molecule has 0 heterocycles. The fourth-order valence-corrected chi connectivity index (χ4v) is 3.83. The Morgan fingerprint density at radius 3 is 2.14 bits per heavy atom. The van der Waals surface area contributed by atoms with Gasteiger partial charge in [0.05, 0.1) is 6.42 Å². The van der Waals surface area contributed by atoms with Crippen LogP contribution in [0.2, 0.25) is 0 Å². The van der Waals surface area contributed by atoms with E-state index >= 15 is 0 Å². The van der Waals surface area contributed by atoms with Crippen LogP contribution in [-0.4, -0.2) is 52.5 Å². The zero-order valence-electron chi connectivity index (χ0n) is 22.3. The van der Waals surface area contributed by atoms with E-state index in [2.05, 4.69) is 10.6 Å². The van der Waals surface area contributed by atoms with E-state index in [1.807, 2.05) is 32.0 Å². The van der Waals surface area contributed by atoms with Gasteiger partial charge in [-0.3, -0.25) is 14.4 Å². The van der Waals surface area contributed by atoms with E-state index in [0.29, 0.717) is 16.8 Å². The predicted molar refractivity (Wildman–Crippen MR) is 140 cm³/mol. The molecule has 10 heteroatoms. The number of nitrogens with zero attached hydrogens (tertiary/aromatic N) is 1. The number of phenolic OH excluding ortho intramolecular Hbond substituents is 1. The quantitative estimate of drug-likeness (QED) is 0.426. The number of carbonyl (C=O) groups excluding carboxylic acids is 4. The molecule has 4 amide bonds. The zero-order chi connectivity index (χ0) is 28.1. The number of para-hydroxylation sites is 1. The number of likely N-dealkylation sites (N-methyl/N-ethyl adjacent to an activating group) is 1. The number of anilines is 1. The summed E-state index contributed by atoms with van der Waals surface area (Å²) < 4.78 is 5.23. The van der Waals surface area contributed by atoms with Gasteiger partial charge in [0, 0.05) is 12.7 Å². The fraction of sp³-hybridized carbons (Fsp3) is 0.407. The average Bonchev–Trinajstić information content (AvgIpc) is 2.76. The van der Waals surface area contributed by atoms with Gasteiger partial charge in [-0.15, -0.1) is 0 Å². The van der Waals surface area contributed by atoms with Crippen LogP contribution in [0.1, 0.15) is 55.5 Å². The van der Waals surface area contributed by atoms with Crippen molar-refractivity contribution in [1.29, 1.82) is 0 Å². The van der Waals surface area contributed by atoms with Crippen LogP contribution in [0.3, 0.4) is 0 Å². The van der Waals surface area contributed by atoms with Gasteiger partial charge in [-0.25, -0.2) is 4.79 Å². The van der Waals surface area contributed by atoms with Crippen molar-refractivity contribution in [2.45, 2.75) is 65.6 Å². The number of aryl methyl sites for hydroxylation is 3. The lowest BCUT2D eigenvalue weighted by molar-refractivity contribution is -0.140. The molecular weight excluding hydrogens is 476 g/mol. The average molecular weight is 513 g/mol. The van der Waals surface area contributed by atoms with E-state index in [9.17, 15) is 24.3 Å². The number of rotatable bonds is 8. The summed E-state index contributed by atoms with van der Waals surface area (Å²) in [6.45, 7) is 10.3. The number of nitrogens with one attached hydrogen (secondary N) is 2. The lowest BCUT2D eigenvalue weighted by Gasteiger charge is -2.31. The number of carbonyl (C=O) groups is 4. The fourth-order valence-electron chi connectivity index (χ4n) is 3.83. The molecule has 2 aromatic carbocycles. The van der Waals surface area contributed by atoms with Gasteiger partial charge in [-0.1, -0.05) is 24.3 Å². The number of ether oxygens (including phenoxy) is 1. The van der Waals surface area contributed by atoms with Gasteiger partial charge in [0.25, 0.3) is 5.91 Å². The molecule has 2 aromatic rings. The Balaban J connectivity index is 2.47. The molecule has 2 unspecified atom stereocenters. The third-order valence-corrected chi connectivity index (χ3v) is 5.64. The minimum Gasteiger partial charge on any atom is -0.508 e. The molecule has 10 nitrogen and oxygen atoms in total. The van der Waals surface area contributed by atoms with Crippen LogP contribution >= 0.6 is 0 Å². The number of amides is 4. The Kier molecular flexibility index (Phi) is 9.27. The first-order chi connectivity index (χ1) is 17.1. The van der Waals surface area contributed by atoms with E-state index in [0.717, 1.165) is 16.0 Å². The Bertz CT molecular complexity index is 1170. The molecule has 0 aliphatic heterocycles. The predicted octanol–water partition coefficient (Wildman–Crippen LogP) is 3.22. The molecule has 5 N–H and O–H groups in total. The largest absolute Gasteiger partial charge is 0.508 e. The molecular formula is C27H36N4O6. The second kappa shape index (κ2) is 11.8. The van der Waals surface area contributed by atoms with Crippen LogP contribution in [0.25, 0.3) is 0 Å². The van der Waals surface area contributed by atoms with Crippen LogP contribution in [0.15, 0.2) is 36.4 Å². The molecule has 0 aromatic heterocycles. The summed E-state index contributed by atoms with van der Waals surface area (Å²) in [6.07, 6.45) is -1.40. The minimum absolute atomic E-state index is 0.0323. The van der Waals surface area contributed by atoms with E-state index in [1.165, 1.54) is 19.2 Å². The summed E-state index contributed by atoms with van der Waals surface area (Å²) in [5.41, 5.74) is 7.70. The van der Waals surface area contributed by atoms with Crippen molar-refractivity contribution >= 4 is 29.5 Å². The zero-order valence-corrected chi connectivity index (χ0v) is 22.3. The lowest BCUT2D eigenvalue weighted by Crippen LogP contribution is -2.52. The van der Waals surface area contributed by atoms with Crippen molar-refractivity contribution in [3.05, 3.63) is 58.7 Å². The van der Waals surface area contributed by atoms with Crippen LogP contribution < -0.4 is 16.4 Å². The van der Waals surface area contributed by atoms with Crippen molar-refractivity contribution in [1.82, 2.24) is 10.2 Å². The molecule has 0 radical (unpaired) electrons. The number of hydrogen-bond donors (Lipinski definition) is 4. The summed E-state index contributed by atoms with van der Waals surface area (Å²) in [5.74, 6) is -2.03. The van der Waals surface area contributed by atoms with Crippen molar-refractivity contribution in [2.75, 3.05) is 12.4 Å². The number of nitrogens with two attached hydrogens (primary N) is 1. The molecule has 0 spiro atoms. The maximum absolute atomic E-state index is 13.6. The van der Waals surface area contributed by atoms with Crippen molar-refractivity contribution < 1.29 is 29.0 Å². The first kappa shape index (κ1) is 29.2. The second-order valence-corrected chi connectivity index (χ2v) is 10.0. The summed E-state index contributed by atoms with van der Waals surface area (Å²) >= 11 is 0. The van der Waals surface area contributed by atoms with Gasteiger partial charge in [0.1, 0.15) is 23.4 Å². The van der Waals surface area contributed by atoms with Crippen molar-refractivity contribution in [2.24, 2.45) is 5.73 Å². The van der Waals surface area contributed by atoms with Gasteiger partial charge < -0.3 is 31.1 Å². The summed E-state index contributed by atoms with van der Waals surface area (Å²) in [6, 6.07) is 7.60. The van der Waals surface area contributed by atoms with Gasteiger partial charge in [-0.05, 0) is 75.9 Å². The first-order valence-corrected chi connectivity index (χ1v) is 11.8. The second-order valence-electron chi connectivity index (χ2n) is 10.0. The SMILES string of the molecule is Cc1cc(C(C(=O)Nc2c(C)cccc2C)N(C)C(=O)C(CC(N)=O)NC(=O)OC(C)(C)C)ccc1O. The normalized spacial score (nSPS) is 12.7. The number of hydrogen-bond acceptors (Lipinski definition) is 6. The van der Waals surface area contributed by atoms with Gasteiger partial charge in [0.2, 0.25) is 11.8 Å². The van der Waals surface area contributed by atoms with Gasteiger partial charge >= 0.3 is 6.09 Å². The summed E-state index contributed by atoms with van der Waals surface area (Å²) in [4.78, 5) is 52.5. The molecule has 0 fully saturated rings. The Hall–Kier alpha value is -4.08. The number of primary amides is 1. The van der Waals surface area contributed by atoms with E-state index in [1.54, 1.807) is 33.8 Å². The molecule has 2 rings (SSSR count). The molecule has 0 saturated heterocycles. The molecule has 200 valence electrons. The molecule has 0 saturated carbocycles. The minimum atomic E-state index is -1.37. The number of phenols is 1. The molecule has 0 aliphatic rings. The summed E-state index contributed by atoms with van der Waals surface area (Å²) in [5, 5.41) is 15.3. The number of benzene rings is 2. The maximum Gasteiger partial charge on any atom is 0.408 e. The van der Waals surface area contributed by atoms with Gasteiger partial charge in [-0.2, -0.15) is 0 Å². The Labute approximate surface area is 217 Å². The van der Waals surface area contributed by atoms with Crippen molar-refractivity contribution in [3.8, 4) is 5.75 Å². The topological polar surface area (TPSA) is 151 Å². The van der Waals surface area contributed by atoms with Crippen LogP contribution in [0.4, 0.5) is 10.5 Å². The molecule has 0 bridgehead atoms. The Morgan fingerprint density at radius 1 is 1.03 bits per heavy atom. The van der Waals surface area contributed by atoms with E-state index in [4.69, 9.17) is 10.5 Å². The van der Waals surface area contributed by atoms with Crippen LogP contribution in [0, 0.1) is 20.8 Å². The van der Waals surface area contributed by atoms with Crippen LogP contribution in [0.5, 0.6) is 5.75 Å². The van der Waals surface area contributed by atoms with E-state index in [-0.39, 0.29) is 5.75 Å². The highest BCUT2D eigenvalue weighted by atomic mass is 16.6. The maximum atomic E-state index is 13.6. The molecule has 0 aliphatic carbocycles. The monoisotopic (exact) mass is 512 g/mol. The standard InChI is InChI=1S/C27H36N4O6/c1-15-9-8-10-16(2)22(15)30-24(34)23(18-11-12-20(32)17(3)13-18)31(7)25(35)19(14-21(28)33)29-26(36)37-27(4,5)6/h8-13,19,23,32H,14H2,1-7H3,(H2,28,33)(H,29,36)(H,30,34). The number of aromatic hydroxyl groups is 1. The smallest absolute Gasteiger partial charge is 0.408 e. The highest BCUT2D eigenvalue weighted by Gasteiger charge is 2.35. The lowest BCUT2D eigenvalue weighted by atomic mass is 10.00. The van der Waals surface area contributed by atoms with E-state index < -0.39 is 47.9 Å². The molecule has 37 heavy (non-hydrogen) atoms. The highest BCUT2D eigenvalue weighted by Crippen LogP contribution is 2.29. The summed E-state index contributed by atoms with van der Waals surface area (Å²) in [7, 11) is 1.39. The van der Waals surface area contributed by atoms with Gasteiger partial charge in [0.15, 0.2) is 0 Å². The van der Waals surface area contributed by atoms with Crippen molar-refractivity contribution in [3.63, 3.8) is 0 Å². The molecule has 2 atom stereocenters.